The third kappa shape index (κ3) is 6.00. The first kappa shape index (κ1) is 24.7. The molecule has 1 aromatic carbocycles. The topological polar surface area (TPSA) is 127 Å². The van der Waals surface area contributed by atoms with E-state index in [0.717, 1.165) is 11.8 Å². The average Bonchev–Trinajstić information content (AvgIpc) is 2.76. The van der Waals surface area contributed by atoms with Crippen LogP contribution in [0.5, 0.6) is 5.75 Å². The maximum Gasteiger partial charge on any atom is 0.319 e. The van der Waals surface area contributed by atoms with Crippen LogP contribution in [0.1, 0.15) is 11.5 Å². The van der Waals surface area contributed by atoms with E-state index in [1.54, 1.807) is 18.2 Å². The summed E-state index contributed by atoms with van der Waals surface area (Å²) in [6.07, 6.45) is 0. The fourth-order valence-corrected chi connectivity index (χ4v) is 4.47. The highest BCUT2D eigenvalue weighted by Crippen LogP contribution is 2.41. The summed E-state index contributed by atoms with van der Waals surface area (Å²) in [4.78, 5) is 37.2. The average molecular weight is 512 g/mol. The standard InChI is InChI=1S/C20H22BrN3O6S/c1-28-7-6-23-15(25)10-31-19-12(9-22)16(17(18(26)24-19)20(27)30-3)11-4-5-14(29-2)13(21)8-11/h4-5,8,16-17H,6-7,10H2,1-3H3,(H,23,25)(H,24,26)/t16-,17+/m1/s1. The maximum absolute atomic E-state index is 12.8. The number of hydrogen-bond acceptors (Lipinski definition) is 8. The molecule has 2 rings (SSSR count). The number of allylic oxidation sites excluding steroid dienone is 1. The van der Waals surface area contributed by atoms with Gasteiger partial charge in [-0.15, -0.1) is 0 Å². The van der Waals surface area contributed by atoms with Crippen LogP contribution in [0.3, 0.4) is 0 Å². The van der Waals surface area contributed by atoms with Gasteiger partial charge in [-0.3, -0.25) is 14.4 Å². The van der Waals surface area contributed by atoms with Crippen LogP contribution in [0, 0.1) is 17.2 Å². The largest absolute Gasteiger partial charge is 0.496 e. The molecule has 0 spiro atoms. The van der Waals surface area contributed by atoms with Gasteiger partial charge in [0.25, 0.3) is 0 Å². The lowest BCUT2D eigenvalue weighted by atomic mass is 9.78. The third-order valence-electron chi connectivity index (χ3n) is 4.49. The number of nitrogens with zero attached hydrogens (tertiary/aromatic N) is 1. The van der Waals surface area contributed by atoms with Crippen LogP contribution in [-0.4, -0.2) is 58.0 Å². The van der Waals surface area contributed by atoms with Crippen LogP contribution in [-0.2, 0) is 23.9 Å². The van der Waals surface area contributed by atoms with Gasteiger partial charge < -0.3 is 24.8 Å². The lowest BCUT2D eigenvalue weighted by Crippen LogP contribution is -2.44. The van der Waals surface area contributed by atoms with E-state index >= 15 is 0 Å². The van der Waals surface area contributed by atoms with Crippen molar-refractivity contribution in [2.75, 3.05) is 40.2 Å². The molecule has 0 unspecified atom stereocenters. The van der Waals surface area contributed by atoms with Gasteiger partial charge in [0.15, 0.2) is 0 Å². The number of nitriles is 1. The molecule has 0 aliphatic carbocycles. The molecule has 31 heavy (non-hydrogen) atoms. The minimum Gasteiger partial charge on any atom is -0.496 e. The minimum atomic E-state index is -1.25. The molecule has 0 bridgehead atoms. The van der Waals surface area contributed by atoms with Crippen molar-refractivity contribution in [1.82, 2.24) is 10.6 Å². The number of ether oxygens (including phenoxy) is 3. The molecule has 1 aliphatic rings. The zero-order valence-corrected chi connectivity index (χ0v) is 19.6. The number of esters is 1. The zero-order chi connectivity index (χ0) is 23.0. The van der Waals surface area contributed by atoms with E-state index in [2.05, 4.69) is 32.6 Å². The summed E-state index contributed by atoms with van der Waals surface area (Å²) in [5, 5.41) is 15.4. The van der Waals surface area contributed by atoms with Gasteiger partial charge in [0.1, 0.15) is 11.7 Å². The second-order valence-corrected chi connectivity index (χ2v) is 8.19. The third-order valence-corrected chi connectivity index (χ3v) is 6.13. The number of methoxy groups -OCH3 is 3. The van der Waals surface area contributed by atoms with Gasteiger partial charge in [0, 0.05) is 19.6 Å². The Kier molecular flexibility index (Phi) is 9.36. The molecule has 0 aromatic heterocycles. The Morgan fingerprint density at radius 3 is 2.65 bits per heavy atom. The number of carbonyl (C=O) groups is 3. The summed E-state index contributed by atoms with van der Waals surface area (Å²) < 4.78 is 15.5. The van der Waals surface area contributed by atoms with E-state index in [-0.39, 0.29) is 22.3 Å². The number of rotatable bonds is 9. The normalized spacial score (nSPS) is 18.1. The van der Waals surface area contributed by atoms with Crippen LogP contribution in [0.25, 0.3) is 0 Å². The number of hydrogen-bond donors (Lipinski definition) is 2. The lowest BCUT2D eigenvalue weighted by Gasteiger charge is -2.31. The number of thioether (sulfide) groups is 1. The van der Waals surface area contributed by atoms with Gasteiger partial charge in [0.05, 0.1) is 47.7 Å². The number of carbonyl (C=O) groups excluding carboxylic acids is 3. The highest BCUT2D eigenvalue weighted by Gasteiger charge is 2.44. The van der Waals surface area contributed by atoms with Gasteiger partial charge in [-0.2, -0.15) is 5.26 Å². The Balaban J connectivity index is 2.42. The van der Waals surface area contributed by atoms with Crippen LogP contribution in [0.4, 0.5) is 0 Å². The van der Waals surface area contributed by atoms with Crippen molar-refractivity contribution in [2.45, 2.75) is 5.92 Å². The SMILES string of the molecule is COCCNC(=O)CSC1=C(C#N)[C@@H](c2ccc(OC)c(Br)c2)[C@H](C(=O)OC)C(=O)N1. The van der Waals surface area contributed by atoms with Crippen molar-refractivity contribution in [3.05, 3.63) is 38.8 Å². The van der Waals surface area contributed by atoms with E-state index < -0.39 is 23.7 Å². The predicted molar refractivity (Wildman–Crippen MR) is 117 cm³/mol. The van der Waals surface area contributed by atoms with Crippen molar-refractivity contribution in [2.24, 2.45) is 5.92 Å². The van der Waals surface area contributed by atoms with Crippen LogP contribution < -0.4 is 15.4 Å². The van der Waals surface area contributed by atoms with Crippen molar-refractivity contribution in [3.63, 3.8) is 0 Å². The number of nitrogens with one attached hydrogen (secondary N) is 2. The van der Waals surface area contributed by atoms with Gasteiger partial charge >= 0.3 is 5.97 Å². The first-order chi connectivity index (χ1) is 14.9. The molecule has 0 saturated carbocycles. The van der Waals surface area contributed by atoms with E-state index in [1.165, 1.54) is 21.3 Å². The van der Waals surface area contributed by atoms with Crippen molar-refractivity contribution < 1.29 is 28.6 Å². The summed E-state index contributed by atoms with van der Waals surface area (Å²) in [5.41, 5.74) is 0.721. The van der Waals surface area contributed by atoms with Crippen molar-refractivity contribution in [3.8, 4) is 11.8 Å². The van der Waals surface area contributed by atoms with Crippen LogP contribution in [0.2, 0.25) is 0 Å². The second-order valence-electron chi connectivity index (χ2n) is 6.35. The number of amides is 2. The number of benzene rings is 1. The highest BCUT2D eigenvalue weighted by molar-refractivity contribution is 9.10. The Labute approximate surface area is 192 Å². The highest BCUT2D eigenvalue weighted by atomic mass is 79.9. The van der Waals surface area contributed by atoms with E-state index in [1.807, 2.05) is 0 Å². The summed E-state index contributed by atoms with van der Waals surface area (Å²) in [6, 6.07) is 7.14. The molecule has 0 fully saturated rings. The molecule has 2 amide bonds. The molecule has 1 aliphatic heterocycles. The molecule has 2 atom stereocenters. The first-order valence-electron chi connectivity index (χ1n) is 9.12. The van der Waals surface area contributed by atoms with Crippen LogP contribution >= 0.6 is 27.7 Å². The molecule has 0 saturated heterocycles. The Morgan fingerprint density at radius 1 is 1.32 bits per heavy atom. The molecule has 9 nitrogen and oxygen atoms in total. The van der Waals surface area contributed by atoms with Crippen LogP contribution in [0.15, 0.2) is 33.3 Å². The summed E-state index contributed by atoms with van der Waals surface area (Å²) in [7, 11) is 4.22. The Bertz CT molecular complexity index is 930. The molecule has 2 N–H and O–H groups in total. The van der Waals surface area contributed by atoms with E-state index in [0.29, 0.717) is 28.9 Å². The van der Waals surface area contributed by atoms with E-state index in [9.17, 15) is 19.6 Å². The maximum atomic E-state index is 12.8. The molecule has 11 heteroatoms. The van der Waals surface area contributed by atoms with Gasteiger partial charge in [-0.1, -0.05) is 17.8 Å². The summed E-state index contributed by atoms with van der Waals surface area (Å²) in [6.45, 7) is 0.716. The number of halogens is 1. The first-order valence-corrected chi connectivity index (χ1v) is 10.9. The molecule has 1 heterocycles. The molecular formula is C20H22BrN3O6S. The van der Waals surface area contributed by atoms with Gasteiger partial charge in [-0.05, 0) is 33.6 Å². The van der Waals surface area contributed by atoms with Gasteiger partial charge in [0.2, 0.25) is 11.8 Å². The smallest absolute Gasteiger partial charge is 0.319 e. The van der Waals surface area contributed by atoms with E-state index in [4.69, 9.17) is 14.2 Å². The molecule has 0 radical (unpaired) electrons. The summed E-state index contributed by atoms with van der Waals surface area (Å²) >= 11 is 4.41. The summed E-state index contributed by atoms with van der Waals surface area (Å²) in [5.74, 6) is -3.24. The predicted octanol–water partition coefficient (Wildman–Crippen LogP) is 1.69. The molecule has 1 aromatic rings. The Hall–Kier alpha value is -2.55. The van der Waals surface area contributed by atoms with Gasteiger partial charge in [-0.25, -0.2) is 0 Å². The Morgan fingerprint density at radius 2 is 2.06 bits per heavy atom. The molecular weight excluding hydrogens is 490 g/mol. The molecule has 166 valence electrons. The lowest BCUT2D eigenvalue weighted by molar-refractivity contribution is -0.150. The fraction of sp³-hybridized carbons (Fsp3) is 0.400. The second kappa shape index (κ2) is 11.7. The zero-order valence-electron chi connectivity index (χ0n) is 17.2. The monoisotopic (exact) mass is 511 g/mol. The minimum absolute atomic E-state index is 0.0214. The van der Waals surface area contributed by atoms with Crippen molar-refractivity contribution >= 4 is 45.5 Å². The quantitative estimate of drug-likeness (QED) is 0.291. The fourth-order valence-electron chi connectivity index (χ4n) is 3.04. The van der Waals surface area contributed by atoms with Crippen molar-refractivity contribution in [1.29, 1.82) is 5.26 Å².